The highest BCUT2D eigenvalue weighted by Crippen LogP contribution is 2.34. The Balaban J connectivity index is 1.63. The van der Waals surface area contributed by atoms with Crippen LogP contribution in [0.2, 0.25) is 5.02 Å². The molecule has 1 amide bonds. The number of aromatic amines is 1. The zero-order chi connectivity index (χ0) is 19.8. The van der Waals surface area contributed by atoms with Crippen molar-refractivity contribution in [2.45, 2.75) is 25.7 Å². The Hall–Kier alpha value is -3.19. The molecule has 0 aliphatic heterocycles. The summed E-state index contributed by atoms with van der Waals surface area (Å²) in [6.07, 6.45) is 6.14. The third kappa shape index (κ3) is 3.27. The van der Waals surface area contributed by atoms with Gasteiger partial charge >= 0.3 is 0 Å². The first kappa shape index (κ1) is 17.9. The van der Waals surface area contributed by atoms with E-state index in [0.29, 0.717) is 10.8 Å². The molecule has 1 saturated carbocycles. The van der Waals surface area contributed by atoms with Gasteiger partial charge in [-0.1, -0.05) is 36.6 Å². The number of carbonyl (C=O) groups excluding carboxylic acids is 1. The van der Waals surface area contributed by atoms with E-state index in [-0.39, 0.29) is 11.8 Å². The van der Waals surface area contributed by atoms with Crippen LogP contribution in [0.4, 0.5) is 5.69 Å². The first-order valence-electron chi connectivity index (χ1n) is 9.65. The van der Waals surface area contributed by atoms with E-state index < -0.39 is 0 Å². The van der Waals surface area contributed by atoms with Crippen molar-refractivity contribution >= 4 is 34.1 Å². The van der Waals surface area contributed by atoms with Crippen molar-refractivity contribution in [1.82, 2.24) is 25.2 Å². The van der Waals surface area contributed by atoms with Gasteiger partial charge in [0, 0.05) is 28.1 Å². The number of halogens is 1. The van der Waals surface area contributed by atoms with Crippen molar-refractivity contribution < 1.29 is 4.79 Å². The molecular formula is C21H19ClN6O. The fourth-order valence-electron chi connectivity index (χ4n) is 4.09. The number of para-hydroxylation sites is 1. The van der Waals surface area contributed by atoms with Gasteiger partial charge < -0.3 is 9.88 Å². The zero-order valence-electron chi connectivity index (χ0n) is 15.6. The van der Waals surface area contributed by atoms with Gasteiger partial charge in [0.15, 0.2) is 0 Å². The number of fused-ring (bicyclic) bond motifs is 1. The van der Waals surface area contributed by atoms with Gasteiger partial charge in [0.2, 0.25) is 11.7 Å². The van der Waals surface area contributed by atoms with E-state index in [1.54, 1.807) is 0 Å². The highest BCUT2D eigenvalue weighted by Gasteiger charge is 2.24. The molecule has 1 aliphatic carbocycles. The number of carbonyl (C=O) groups is 1. The Kier molecular flexibility index (Phi) is 4.52. The predicted molar refractivity (Wildman–Crippen MR) is 112 cm³/mol. The zero-order valence-corrected chi connectivity index (χ0v) is 16.4. The van der Waals surface area contributed by atoms with Gasteiger partial charge in [-0.25, -0.2) is 0 Å². The van der Waals surface area contributed by atoms with E-state index >= 15 is 0 Å². The average Bonchev–Trinajstić information content (AvgIpc) is 3.49. The maximum Gasteiger partial charge on any atom is 0.227 e. The van der Waals surface area contributed by atoms with Gasteiger partial charge in [0.05, 0.1) is 16.9 Å². The minimum absolute atomic E-state index is 0.0947. The molecule has 2 aromatic carbocycles. The SMILES string of the molecule is O=C(Nc1cccc2ccn(-c3ccc(Cl)cc3-c3nn[nH]n3)c12)C1CCCC1. The summed E-state index contributed by atoms with van der Waals surface area (Å²) in [5, 5.41) is 19.1. The summed E-state index contributed by atoms with van der Waals surface area (Å²) in [7, 11) is 0. The molecule has 4 aromatic rings. The third-order valence-electron chi connectivity index (χ3n) is 5.50. The number of benzene rings is 2. The summed E-state index contributed by atoms with van der Waals surface area (Å²) in [6.45, 7) is 0. The quantitative estimate of drug-likeness (QED) is 0.518. The number of nitrogens with one attached hydrogen (secondary N) is 2. The van der Waals surface area contributed by atoms with E-state index in [0.717, 1.165) is 53.5 Å². The number of amides is 1. The van der Waals surface area contributed by atoms with Crippen molar-refractivity contribution in [3.8, 4) is 17.1 Å². The Morgan fingerprint density at radius 1 is 1.17 bits per heavy atom. The van der Waals surface area contributed by atoms with Crippen molar-refractivity contribution in [3.63, 3.8) is 0 Å². The number of nitrogens with zero attached hydrogens (tertiary/aromatic N) is 4. The Morgan fingerprint density at radius 2 is 2.03 bits per heavy atom. The van der Waals surface area contributed by atoms with Crippen LogP contribution in [-0.2, 0) is 4.79 Å². The van der Waals surface area contributed by atoms with E-state index in [4.69, 9.17) is 11.6 Å². The van der Waals surface area contributed by atoms with Crippen LogP contribution in [0.25, 0.3) is 28.0 Å². The summed E-state index contributed by atoms with van der Waals surface area (Å²) in [6, 6.07) is 13.5. The molecule has 146 valence electrons. The molecule has 0 bridgehead atoms. The van der Waals surface area contributed by atoms with Gasteiger partial charge in [0.1, 0.15) is 0 Å². The van der Waals surface area contributed by atoms with Gasteiger partial charge in [0.25, 0.3) is 0 Å². The highest BCUT2D eigenvalue weighted by atomic mass is 35.5. The predicted octanol–water partition coefficient (Wildman–Crippen LogP) is 4.59. The molecule has 2 aromatic heterocycles. The minimum atomic E-state index is 0.0947. The molecule has 1 aliphatic rings. The van der Waals surface area contributed by atoms with Crippen molar-refractivity contribution in [2.75, 3.05) is 5.32 Å². The number of hydrogen-bond donors (Lipinski definition) is 2. The van der Waals surface area contributed by atoms with E-state index in [9.17, 15) is 4.79 Å². The van der Waals surface area contributed by atoms with Crippen LogP contribution < -0.4 is 5.32 Å². The minimum Gasteiger partial charge on any atom is -0.324 e. The van der Waals surface area contributed by atoms with Crippen molar-refractivity contribution in [3.05, 3.63) is 53.7 Å². The van der Waals surface area contributed by atoms with Gasteiger partial charge in [-0.3, -0.25) is 4.79 Å². The lowest BCUT2D eigenvalue weighted by atomic mass is 10.1. The number of tetrazole rings is 1. The number of aromatic nitrogens is 5. The van der Waals surface area contributed by atoms with E-state index in [1.807, 2.05) is 53.2 Å². The molecule has 0 saturated heterocycles. The molecule has 29 heavy (non-hydrogen) atoms. The lowest BCUT2D eigenvalue weighted by Crippen LogP contribution is -2.20. The van der Waals surface area contributed by atoms with Crippen molar-refractivity contribution in [1.29, 1.82) is 0 Å². The second-order valence-electron chi connectivity index (χ2n) is 7.30. The monoisotopic (exact) mass is 406 g/mol. The number of hydrogen-bond acceptors (Lipinski definition) is 4. The summed E-state index contributed by atoms with van der Waals surface area (Å²) in [4.78, 5) is 12.8. The normalized spacial score (nSPS) is 14.5. The highest BCUT2D eigenvalue weighted by molar-refractivity contribution is 6.31. The van der Waals surface area contributed by atoms with Crippen LogP contribution >= 0.6 is 11.6 Å². The molecule has 0 radical (unpaired) electrons. The number of anilines is 1. The van der Waals surface area contributed by atoms with Crippen molar-refractivity contribution in [2.24, 2.45) is 5.92 Å². The van der Waals surface area contributed by atoms with Gasteiger partial charge in [-0.15, -0.1) is 10.2 Å². The molecule has 8 heteroatoms. The largest absolute Gasteiger partial charge is 0.324 e. The molecule has 7 nitrogen and oxygen atoms in total. The molecule has 0 unspecified atom stereocenters. The summed E-state index contributed by atoms with van der Waals surface area (Å²) >= 11 is 6.23. The first-order valence-corrected chi connectivity index (χ1v) is 10.0. The van der Waals surface area contributed by atoms with Crippen LogP contribution in [0.15, 0.2) is 48.7 Å². The second kappa shape index (κ2) is 7.33. The van der Waals surface area contributed by atoms with Crippen LogP contribution in [0.1, 0.15) is 25.7 Å². The fourth-order valence-corrected chi connectivity index (χ4v) is 4.26. The summed E-state index contributed by atoms with van der Waals surface area (Å²) in [5.41, 5.74) is 3.32. The fraction of sp³-hybridized carbons (Fsp3) is 0.238. The maximum atomic E-state index is 12.8. The lowest BCUT2D eigenvalue weighted by molar-refractivity contribution is -0.119. The topological polar surface area (TPSA) is 88.5 Å². The lowest BCUT2D eigenvalue weighted by Gasteiger charge is -2.15. The van der Waals surface area contributed by atoms with E-state index in [1.165, 1.54) is 0 Å². The summed E-state index contributed by atoms with van der Waals surface area (Å²) < 4.78 is 2.03. The van der Waals surface area contributed by atoms with Crippen LogP contribution in [0, 0.1) is 5.92 Å². The Morgan fingerprint density at radius 3 is 2.83 bits per heavy atom. The van der Waals surface area contributed by atoms with Gasteiger partial charge in [-0.2, -0.15) is 5.21 Å². The van der Waals surface area contributed by atoms with E-state index in [2.05, 4.69) is 25.9 Å². The maximum absolute atomic E-state index is 12.8. The standard InChI is InChI=1S/C21H19ClN6O/c22-15-8-9-18(16(12-15)20-24-26-27-25-20)28-11-10-13-6-3-7-17(19(13)28)23-21(29)14-4-1-2-5-14/h3,6-12,14H,1-2,4-5H2,(H,23,29)(H,24,25,26,27). The molecule has 1 fully saturated rings. The number of rotatable bonds is 4. The Labute approximate surface area is 172 Å². The molecule has 2 heterocycles. The molecule has 0 atom stereocenters. The van der Waals surface area contributed by atoms with Crippen LogP contribution in [0.5, 0.6) is 0 Å². The molecule has 5 rings (SSSR count). The first-order chi connectivity index (χ1) is 14.2. The number of H-pyrrole nitrogens is 1. The van der Waals surface area contributed by atoms with Crippen LogP contribution in [-0.4, -0.2) is 31.1 Å². The average molecular weight is 407 g/mol. The molecular weight excluding hydrogens is 388 g/mol. The molecule has 2 N–H and O–H groups in total. The van der Waals surface area contributed by atoms with Crippen LogP contribution in [0.3, 0.4) is 0 Å². The van der Waals surface area contributed by atoms with Gasteiger partial charge in [-0.05, 0) is 48.4 Å². The third-order valence-corrected chi connectivity index (χ3v) is 5.73. The molecule has 0 spiro atoms. The second-order valence-corrected chi connectivity index (χ2v) is 7.73. The summed E-state index contributed by atoms with van der Waals surface area (Å²) in [5.74, 6) is 0.646. The Bertz CT molecular complexity index is 1180. The smallest absolute Gasteiger partial charge is 0.227 e.